The number of ether oxygens (including phenoxy) is 1. The second-order valence-corrected chi connectivity index (χ2v) is 6.21. The van der Waals surface area contributed by atoms with Crippen molar-refractivity contribution >= 4 is 5.91 Å². The molecule has 0 unspecified atom stereocenters. The zero-order chi connectivity index (χ0) is 15.0. The average Bonchev–Trinajstić information content (AvgIpc) is 2.86. The van der Waals surface area contributed by atoms with Crippen LogP contribution in [0.5, 0.6) is 0 Å². The number of hydrogen-bond donors (Lipinski definition) is 1. The molecule has 1 saturated carbocycles. The van der Waals surface area contributed by atoms with Crippen molar-refractivity contribution in [2.75, 3.05) is 13.7 Å². The summed E-state index contributed by atoms with van der Waals surface area (Å²) in [5, 5.41) is 4.43. The predicted molar refractivity (Wildman–Crippen MR) is 78.5 cm³/mol. The van der Waals surface area contributed by atoms with Crippen LogP contribution >= 0.6 is 0 Å². The van der Waals surface area contributed by atoms with Gasteiger partial charge in [0.1, 0.15) is 0 Å². The smallest absolute Gasteiger partial charge is 0.226 e. The van der Waals surface area contributed by atoms with Crippen LogP contribution in [0.15, 0.2) is 6.07 Å². The van der Waals surface area contributed by atoms with Gasteiger partial charge in [0, 0.05) is 25.6 Å². The molecule has 0 saturated heterocycles. The molecule has 0 aromatic carbocycles. The van der Waals surface area contributed by atoms with Crippen LogP contribution in [0, 0.1) is 12.8 Å². The molecule has 2 N–H and O–H groups in total. The predicted octanol–water partition coefficient (Wildman–Crippen LogP) is 0.676. The molecule has 21 heavy (non-hydrogen) atoms. The van der Waals surface area contributed by atoms with E-state index < -0.39 is 0 Å². The molecule has 116 valence electrons. The molecular formula is C15H24N4O2. The summed E-state index contributed by atoms with van der Waals surface area (Å²) in [6, 6.07) is 2.12. The number of rotatable bonds is 2. The summed E-state index contributed by atoms with van der Waals surface area (Å²) < 4.78 is 7.43. The summed E-state index contributed by atoms with van der Waals surface area (Å²) in [6.45, 7) is 4.19. The number of hydrogen-bond acceptors (Lipinski definition) is 4. The number of nitrogens with zero attached hydrogens (tertiary/aromatic N) is 3. The number of nitrogens with two attached hydrogens (primary N) is 1. The average molecular weight is 292 g/mol. The number of aromatic nitrogens is 2. The molecule has 6 nitrogen and oxygen atoms in total. The maximum atomic E-state index is 12.7. The Bertz CT molecular complexity index is 528. The molecule has 2 aliphatic rings. The van der Waals surface area contributed by atoms with Crippen LogP contribution in [0.1, 0.15) is 30.7 Å². The Hall–Kier alpha value is -1.40. The summed E-state index contributed by atoms with van der Waals surface area (Å²) >= 11 is 0. The second-order valence-electron chi connectivity index (χ2n) is 6.21. The van der Waals surface area contributed by atoms with E-state index in [1.807, 2.05) is 16.5 Å². The Kier molecular flexibility index (Phi) is 3.99. The highest BCUT2D eigenvalue weighted by Crippen LogP contribution is 2.28. The Balaban J connectivity index is 1.66. The fourth-order valence-corrected chi connectivity index (χ4v) is 3.50. The maximum Gasteiger partial charge on any atom is 0.226 e. The van der Waals surface area contributed by atoms with Gasteiger partial charge in [-0.05, 0) is 32.3 Å². The van der Waals surface area contributed by atoms with E-state index in [2.05, 4.69) is 11.2 Å². The fourth-order valence-electron chi connectivity index (χ4n) is 3.50. The summed E-state index contributed by atoms with van der Waals surface area (Å²) in [6.07, 6.45) is 2.48. The largest absolute Gasteiger partial charge is 0.380 e. The van der Waals surface area contributed by atoms with Crippen LogP contribution in [-0.2, 0) is 22.6 Å². The van der Waals surface area contributed by atoms with Gasteiger partial charge >= 0.3 is 0 Å². The van der Waals surface area contributed by atoms with Crippen molar-refractivity contribution in [3.63, 3.8) is 0 Å². The van der Waals surface area contributed by atoms with Gasteiger partial charge in [-0.25, -0.2) is 0 Å². The number of aryl methyl sites for hydroxylation is 1. The van der Waals surface area contributed by atoms with Crippen LogP contribution in [0.2, 0.25) is 0 Å². The molecule has 1 aliphatic carbocycles. The summed E-state index contributed by atoms with van der Waals surface area (Å²) in [4.78, 5) is 14.7. The Morgan fingerprint density at radius 1 is 1.43 bits per heavy atom. The molecule has 3 atom stereocenters. The lowest BCUT2D eigenvalue weighted by Crippen LogP contribution is -2.47. The first-order valence-electron chi connectivity index (χ1n) is 7.69. The molecule has 1 aliphatic heterocycles. The minimum atomic E-state index is 0.00487. The van der Waals surface area contributed by atoms with E-state index in [1.165, 1.54) is 0 Å². The zero-order valence-electron chi connectivity index (χ0n) is 12.8. The third-order valence-corrected chi connectivity index (χ3v) is 4.73. The summed E-state index contributed by atoms with van der Waals surface area (Å²) in [7, 11) is 1.68. The van der Waals surface area contributed by atoms with Gasteiger partial charge in [-0.1, -0.05) is 0 Å². The molecule has 0 bridgehead atoms. The molecule has 0 radical (unpaired) electrons. The highest BCUT2D eigenvalue weighted by molar-refractivity contribution is 5.79. The Morgan fingerprint density at radius 3 is 3.00 bits per heavy atom. The SMILES string of the molecule is CO[C@@H]1C[C@@H](C(=O)N2CCn3nc(C)cc3C2)CC[C@H]1N. The molecule has 1 aromatic rings. The topological polar surface area (TPSA) is 73.4 Å². The quantitative estimate of drug-likeness (QED) is 0.870. The molecule has 3 rings (SSSR count). The van der Waals surface area contributed by atoms with E-state index in [-0.39, 0.29) is 24.0 Å². The van der Waals surface area contributed by atoms with E-state index in [4.69, 9.17) is 10.5 Å². The molecule has 1 fully saturated rings. The minimum absolute atomic E-state index is 0.00487. The standard InChI is InChI=1S/C15H24N4O2/c1-10-7-12-9-18(5-6-19(12)17-10)15(20)11-3-4-13(16)14(8-11)21-2/h7,11,13-14H,3-6,8-9,16H2,1-2H3/t11-,13+,14+/m0/s1. The lowest BCUT2D eigenvalue weighted by atomic mass is 9.83. The van der Waals surface area contributed by atoms with E-state index >= 15 is 0 Å². The lowest BCUT2D eigenvalue weighted by Gasteiger charge is -2.36. The van der Waals surface area contributed by atoms with Crippen molar-refractivity contribution in [1.29, 1.82) is 0 Å². The monoisotopic (exact) mass is 292 g/mol. The van der Waals surface area contributed by atoms with Gasteiger partial charge in [0.25, 0.3) is 0 Å². The third kappa shape index (κ3) is 2.82. The summed E-state index contributed by atoms with van der Waals surface area (Å²) in [5.41, 5.74) is 8.18. The second kappa shape index (κ2) is 5.77. The van der Waals surface area contributed by atoms with Gasteiger partial charge in [-0.3, -0.25) is 9.48 Å². The van der Waals surface area contributed by atoms with Crippen molar-refractivity contribution < 1.29 is 9.53 Å². The molecule has 6 heteroatoms. The van der Waals surface area contributed by atoms with Crippen molar-refractivity contribution in [3.8, 4) is 0 Å². The molecule has 1 amide bonds. The highest BCUT2D eigenvalue weighted by atomic mass is 16.5. The van der Waals surface area contributed by atoms with Crippen LogP contribution in [0.4, 0.5) is 0 Å². The molecule has 1 aromatic heterocycles. The van der Waals surface area contributed by atoms with Crippen LogP contribution in [-0.4, -0.2) is 46.4 Å². The zero-order valence-corrected chi connectivity index (χ0v) is 12.8. The van der Waals surface area contributed by atoms with Crippen LogP contribution in [0.25, 0.3) is 0 Å². The molecule has 0 spiro atoms. The summed E-state index contributed by atoms with van der Waals surface area (Å²) in [5.74, 6) is 0.291. The van der Waals surface area contributed by atoms with Crippen LogP contribution < -0.4 is 5.73 Å². The Morgan fingerprint density at radius 2 is 2.24 bits per heavy atom. The molecular weight excluding hydrogens is 268 g/mol. The minimum Gasteiger partial charge on any atom is -0.380 e. The van der Waals surface area contributed by atoms with E-state index in [0.717, 1.165) is 43.7 Å². The van der Waals surface area contributed by atoms with Gasteiger partial charge in [-0.15, -0.1) is 0 Å². The van der Waals surface area contributed by atoms with Gasteiger partial charge in [-0.2, -0.15) is 5.10 Å². The van der Waals surface area contributed by atoms with E-state index in [0.29, 0.717) is 6.54 Å². The van der Waals surface area contributed by atoms with Crippen molar-refractivity contribution in [1.82, 2.24) is 14.7 Å². The van der Waals surface area contributed by atoms with Crippen molar-refractivity contribution in [2.45, 2.75) is 51.4 Å². The van der Waals surface area contributed by atoms with Gasteiger partial charge in [0.15, 0.2) is 0 Å². The van der Waals surface area contributed by atoms with Gasteiger partial charge < -0.3 is 15.4 Å². The number of amides is 1. The number of methoxy groups -OCH3 is 1. The fraction of sp³-hybridized carbons (Fsp3) is 0.733. The first-order valence-corrected chi connectivity index (χ1v) is 7.69. The third-order valence-electron chi connectivity index (χ3n) is 4.73. The normalized spacial score (nSPS) is 29.3. The molecule has 2 heterocycles. The van der Waals surface area contributed by atoms with Crippen molar-refractivity contribution in [3.05, 3.63) is 17.5 Å². The first-order chi connectivity index (χ1) is 10.1. The van der Waals surface area contributed by atoms with Crippen molar-refractivity contribution in [2.24, 2.45) is 11.7 Å². The van der Waals surface area contributed by atoms with Gasteiger partial charge in [0.2, 0.25) is 5.91 Å². The van der Waals surface area contributed by atoms with Gasteiger partial charge in [0.05, 0.1) is 30.6 Å². The lowest BCUT2D eigenvalue weighted by molar-refractivity contribution is -0.140. The Labute approximate surface area is 125 Å². The van der Waals surface area contributed by atoms with E-state index in [9.17, 15) is 4.79 Å². The van der Waals surface area contributed by atoms with E-state index in [1.54, 1.807) is 7.11 Å². The first kappa shape index (κ1) is 14.5. The number of carbonyl (C=O) groups is 1. The number of fused-ring (bicyclic) bond motifs is 1. The van der Waals surface area contributed by atoms with Crippen LogP contribution in [0.3, 0.4) is 0 Å². The number of carbonyl (C=O) groups excluding carboxylic acids is 1. The highest BCUT2D eigenvalue weighted by Gasteiger charge is 2.35. The maximum absolute atomic E-state index is 12.7.